The molecule has 0 saturated heterocycles. The maximum Gasteiger partial charge on any atom is 0.336 e. The molecule has 0 amide bonds. The Morgan fingerprint density at radius 2 is 1.78 bits per heavy atom. The molecule has 0 atom stereocenters. The van der Waals surface area contributed by atoms with E-state index in [4.69, 9.17) is 9.47 Å². The van der Waals surface area contributed by atoms with Crippen LogP contribution in [0, 0.1) is 3.57 Å². The van der Waals surface area contributed by atoms with Crippen molar-refractivity contribution in [1.29, 1.82) is 0 Å². The number of aliphatic carboxylic acids is 1. The zero-order valence-corrected chi connectivity index (χ0v) is 14.8. The van der Waals surface area contributed by atoms with Gasteiger partial charge < -0.3 is 14.6 Å². The molecule has 0 saturated carbocycles. The van der Waals surface area contributed by atoms with Gasteiger partial charge in [0.15, 0.2) is 11.5 Å². The number of carboxylic acids is 1. The second kappa shape index (κ2) is 6.54. The van der Waals surface area contributed by atoms with E-state index in [0.717, 1.165) is 18.2 Å². The number of benzene rings is 2. The lowest BCUT2D eigenvalue weighted by Crippen LogP contribution is -2.09. The molecule has 0 aromatic heterocycles. The highest BCUT2D eigenvalue weighted by atomic mass is 127. The fraction of sp³-hybridized carbons (Fsp3) is 0.111. The Hall–Kier alpha value is -2.15. The molecule has 0 radical (unpaired) electrons. The zero-order chi connectivity index (χ0) is 16.4. The fourth-order valence-electron chi connectivity index (χ4n) is 2.40. The molecule has 23 heavy (non-hydrogen) atoms. The number of hydrogen-bond acceptors (Lipinski definition) is 3. The second-order valence-electron chi connectivity index (χ2n) is 4.86. The van der Waals surface area contributed by atoms with Gasteiger partial charge in [0.1, 0.15) is 0 Å². The van der Waals surface area contributed by atoms with Gasteiger partial charge in [0, 0.05) is 12.6 Å². The van der Waals surface area contributed by atoms with Crippen LogP contribution in [0.2, 0.25) is 0 Å². The van der Waals surface area contributed by atoms with Crippen molar-refractivity contribution < 1.29 is 19.4 Å². The smallest absolute Gasteiger partial charge is 0.336 e. The maximum absolute atomic E-state index is 11.6. The number of carboxylic acid groups (broad SMARTS) is 1. The van der Waals surface area contributed by atoms with Gasteiger partial charge >= 0.3 is 5.97 Å². The van der Waals surface area contributed by atoms with Crippen LogP contribution in [0.3, 0.4) is 0 Å². The molecule has 118 valence electrons. The molecule has 0 aliphatic carbocycles. The van der Waals surface area contributed by atoms with Gasteiger partial charge in [-0.05, 0) is 35.9 Å². The lowest BCUT2D eigenvalue weighted by atomic mass is 10.0. The third-order valence-electron chi connectivity index (χ3n) is 3.53. The lowest BCUT2D eigenvalue weighted by molar-refractivity contribution is -0.130. The third kappa shape index (κ3) is 3.01. The molecule has 3 rings (SSSR count). The Morgan fingerprint density at radius 3 is 2.48 bits per heavy atom. The van der Waals surface area contributed by atoms with Gasteiger partial charge in [-0.3, -0.25) is 0 Å². The average Bonchev–Trinajstić information content (AvgIpc) is 2.59. The van der Waals surface area contributed by atoms with Crippen molar-refractivity contribution >= 4 is 35.8 Å². The van der Waals surface area contributed by atoms with Crippen molar-refractivity contribution in [2.24, 2.45) is 0 Å². The molecule has 1 aliphatic rings. The van der Waals surface area contributed by atoms with E-state index >= 15 is 0 Å². The summed E-state index contributed by atoms with van der Waals surface area (Å²) in [4.78, 5) is 11.6. The Kier molecular flexibility index (Phi) is 4.47. The van der Waals surface area contributed by atoms with Crippen molar-refractivity contribution in [2.45, 2.75) is 0 Å². The first kappa shape index (κ1) is 15.7. The SMILES string of the molecule is COc1ccc(C2=Ic3ccccc3C(C(=O)O)=C2)cc1OC. The monoisotopic (exact) mass is 422 g/mol. The molecule has 5 heteroatoms. The van der Waals surface area contributed by atoms with Crippen LogP contribution in [0.25, 0.3) is 5.57 Å². The number of ether oxygens (including phenoxy) is 2. The quantitative estimate of drug-likeness (QED) is 0.767. The van der Waals surface area contributed by atoms with Crippen LogP contribution in [-0.2, 0) is 4.79 Å². The Balaban J connectivity index is 2.14. The van der Waals surface area contributed by atoms with Gasteiger partial charge in [-0.25, -0.2) is 4.79 Å². The summed E-state index contributed by atoms with van der Waals surface area (Å²) in [6.07, 6.45) is 1.79. The summed E-state index contributed by atoms with van der Waals surface area (Å²) in [7, 11) is 3.19. The van der Waals surface area contributed by atoms with E-state index in [0.29, 0.717) is 17.1 Å². The zero-order valence-electron chi connectivity index (χ0n) is 12.7. The molecule has 0 unspecified atom stereocenters. The first-order valence-corrected chi connectivity index (χ1v) is 9.08. The molecular weight excluding hydrogens is 407 g/mol. The standard InChI is InChI=1S/C18H15IO4/c1-22-16-8-7-11(9-17(16)23-2)15-10-13(18(20)21)12-5-3-4-6-14(12)19-15/h3-10H,1-2H3,(H,20,21). The number of methoxy groups -OCH3 is 2. The largest absolute Gasteiger partial charge is 0.493 e. The topological polar surface area (TPSA) is 55.8 Å². The van der Waals surface area contributed by atoms with Crippen LogP contribution >= 0.6 is 20.7 Å². The summed E-state index contributed by atoms with van der Waals surface area (Å²) in [6.45, 7) is 0. The van der Waals surface area contributed by atoms with Crippen LogP contribution in [-0.4, -0.2) is 28.8 Å². The summed E-state index contributed by atoms with van der Waals surface area (Å²) in [5.74, 6) is 0.401. The molecule has 0 bridgehead atoms. The van der Waals surface area contributed by atoms with Gasteiger partial charge in [-0.2, -0.15) is 0 Å². The number of rotatable bonds is 4. The van der Waals surface area contributed by atoms with Crippen molar-refractivity contribution in [3.05, 3.63) is 63.2 Å². The molecule has 2 aromatic rings. The highest BCUT2D eigenvalue weighted by Gasteiger charge is 2.20. The minimum Gasteiger partial charge on any atom is -0.493 e. The van der Waals surface area contributed by atoms with Gasteiger partial charge in [-0.1, -0.05) is 38.9 Å². The summed E-state index contributed by atoms with van der Waals surface area (Å²) in [5, 5.41) is 9.52. The van der Waals surface area contributed by atoms with Crippen molar-refractivity contribution in [3.8, 4) is 11.5 Å². The van der Waals surface area contributed by atoms with E-state index < -0.39 is 26.7 Å². The number of allylic oxidation sites excluding steroid dienone is 1. The van der Waals surface area contributed by atoms with Crippen molar-refractivity contribution in [3.63, 3.8) is 0 Å². The minimum atomic E-state index is -0.904. The molecule has 2 aromatic carbocycles. The van der Waals surface area contributed by atoms with E-state index in [9.17, 15) is 9.90 Å². The first-order valence-electron chi connectivity index (χ1n) is 6.92. The highest BCUT2D eigenvalue weighted by molar-refractivity contribution is 14.2. The molecule has 1 N–H and O–H groups in total. The predicted octanol–water partition coefficient (Wildman–Crippen LogP) is 3.55. The van der Waals surface area contributed by atoms with Crippen LogP contribution in [0.15, 0.2) is 48.5 Å². The number of halogens is 1. The van der Waals surface area contributed by atoms with Crippen molar-refractivity contribution in [1.82, 2.24) is 0 Å². The molecule has 4 nitrogen and oxygen atoms in total. The van der Waals surface area contributed by atoms with E-state index in [1.54, 1.807) is 20.3 Å². The van der Waals surface area contributed by atoms with Crippen LogP contribution in [0.4, 0.5) is 0 Å². The van der Waals surface area contributed by atoms with Gasteiger partial charge in [0.2, 0.25) is 0 Å². The predicted molar refractivity (Wildman–Crippen MR) is 98.4 cm³/mol. The molecule has 1 aliphatic heterocycles. The lowest BCUT2D eigenvalue weighted by Gasteiger charge is -2.16. The first-order chi connectivity index (χ1) is 11.1. The second-order valence-corrected chi connectivity index (χ2v) is 7.72. The van der Waals surface area contributed by atoms with E-state index in [1.165, 1.54) is 0 Å². The molecule has 0 fully saturated rings. The summed E-state index contributed by atoms with van der Waals surface area (Å²) >= 11 is -0.454. The minimum absolute atomic E-state index is 0.344. The van der Waals surface area contributed by atoms with E-state index in [-0.39, 0.29) is 0 Å². The maximum atomic E-state index is 11.6. The van der Waals surface area contributed by atoms with Crippen LogP contribution < -0.4 is 9.47 Å². The van der Waals surface area contributed by atoms with Gasteiger partial charge in [0.25, 0.3) is 0 Å². The van der Waals surface area contributed by atoms with E-state index in [1.807, 2.05) is 42.5 Å². The Morgan fingerprint density at radius 1 is 1.04 bits per heavy atom. The number of carbonyl (C=O) groups is 1. The third-order valence-corrected chi connectivity index (χ3v) is 6.57. The summed E-state index contributed by atoms with van der Waals surface area (Å²) in [5.41, 5.74) is 2.15. The molecular formula is C18H15IO4. The fourth-order valence-corrected chi connectivity index (χ4v) is 5.29. The normalized spacial score (nSPS) is 13.1. The Labute approximate surface area is 144 Å². The Bertz CT molecular complexity index is 837. The molecule has 0 spiro atoms. The number of fused-ring (bicyclic) bond motifs is 1. The summed E-state index contributed by atoms with van der Waals surface area (Å²) < 4.78 is 12.8. The number of hydrogen-bond donors (Lipinski definition) is 1. The van der Waals surface area contributed by atoms with Gasteiger partial charge in [0.05, 0.1) is 19.8 Å². The van der Waals surface area contributed by atoms with Crippen LogP contribution in [0.1, 0.15) is 11.1 Å². The summed E-state index contributed by atoms with van der Waals surface area (Å²) in [6, 6.07) is 13.4. The van der Waals surface area contributed by atoms with Gasteiger partial charge in [-0.15, -0.1) is 0 Å². The molecule has 1 heterocycles. The average molecular weight is 422 g/mol. The highest BCUT2D eigenvalue weighted by Crippen LogP contribution is 2.35. The van der Waals surface area contributed by atoms with Crippen LogP contribution in [0.5, 0.6) is 11.5 Å². The van der Waals surface area contributed by atoms with E-state index in [2.05, 4.69) is 0 Å². The van der Waals surface area contributed by atoms with Crippen molar-refractivity contribution in [2.75, 3.05) is 14.2 Å².